The van der Waals surface area contributed by atoms with Crippen molar-refractivity contribution in [3.05, 3.63) is 51.2 Å². The first-order valence-corrected chi connectivity index (χ1v) is 7.74. The fourth-order valence-electron chi connectivity index (χ4n) is 3.06. The number of aromatic nitrogens is 2. The molecule has 1 fully saturated rings. The van der Waals surface area contributed by atoms with Crippen molar-refractivity contribution in [1.29, 1.82) is 0 Å². The maximum atomic E-state index is 12.9. The minimum atomic E-state index is -4.39. The van der Waals surface area contributed by atoms with Crippen molar-refractivity contribution in [2.45, 2.75) is 31.4 Å². The van der Waals surface area contributed by atoms with Gasteiger partial charge in [-0.15, -0.1) is 0 Å². The first kappa shape index (κ1) is 17.2. The highest BCUT2D eigenvalue weighted by Crippen LogP contribution is 2.49. The van der Waals surface area contributed by atoms with E-state index in [-0.39, 0.29) is 11.5 Å². The zero-order valence-electron chi connectivity index (χ0n) is 13.7. The summed E-state index contributed by atoms with van der Waals surface area (Å²) in [5.41, 5.74) is -0.343. The van der Waals surface area contributed by atoms with E-state index in [1.165, 1.54) is 10.7 Å². The van der Waals surface area contributed by atoms with Crippen LogP contribution in [0.3, 0.4) is 0 Å². The van der Waals surface area contributed by atoms with E-state index in [0.29, 0.717) is 17.8 Å². The maximum absolute atomic E-state index is 12.9. The lowest BCUT2D eigenvalue weighted by atomic mass is 9.94. The molecule has 1 saturated carbocycles. The third kappa shape index (κ3) is 3.18. The third-order valence-electron chi connectivity index (χ3n) is 4.62. The van der Waals surface area contributed by atoms with Crippen molar-refractivity contribution in [2.24, 2.45) is 7.05 Å². The van der Waals surface area contributed by atoms with Crippen LogP contribution in [0.2, 0.25) is 0 Å². The van der Waals surface area contributed by atoms with Crippen LogP contribution in [-0.4, -0.2) is 21.2 Å². The average Bonchev–Trinajstić information content (AvgIpc) is 3.25. The number of nitro groups is 1. The van der Waals surface area contributed by atoms with Crippen LogP contribution < -0.4 is 5.32 Å². The molecule has 1 aromatic heterocycles. The van der Waals surface area contributed by atoms with E-state index in [4.69, 9.17) is 0 Å². The van der Waals surface area contributed by atoms with Gasteiger partial charge in [0.25, 0.3) is 0 Å². The monoisotopic (exact) mass is 354 g/mol. The second kappa shape index (κ2) is 5.75. The molecular weight excluding hydrogens is 337 g/mol. The van der Waals surface area contributed by atoms with E-state index < -0.39 is 22.1 Å². The summed E-state index contributed by atoms with van der Waals surface area (Å²) in [6.07, 6.45) is -2.94. The number of rotatable bonds is 5. The summed E-state index contributed by atoms with van der Waals surface area (Å²) in [6.45, 7) is 1.86. The molecule has 2 aromatic rings. The van der Waals surface area contributed by atoms with Crippen molar-refractivity contribution in [2.75, 3.05) is 11.9 Å². The predicted molar refractivity (Wildman–Crippen MR) is 85.4 cm³/mol. The number of alkyl halides is 3. The largest absolute Gasteiger partial charge is 0.416 e. The Hall–Kier alpha value is -2.58. The van der Waals surface area contributed by atoms with Gasteiger partial charge in [-0.25, -0.2) is 4.68 Å². The van der Waals surface area contributed by atoms with E-state index in [1.54, 1.807) is 20.0 Å². The molecule has 0 spiro atoms. The Kier molecular flexibility index (Phi) is 3.97. The number of hydrogen-bond acceptors (Lipinski definition) is 4. The number of hydrogen-bond donors (Lipinski definition) is 1. The lowest BCUT2D eigenvalue weighted by molar-refractivity contribution is -0.384. The number of halogens is 3. The lowest BCUT2D eigenvalue weighted by Gasteiger charge is -2.18. The Morgan fingerprint density at radius 2 is 2.08 bits per heavy atom. The zero-order chi connectivity index (χ0) is 18.4. The fourth-order valence-corrected chi connectivity index (χ4v) is 3.06. The highest BCUT2D eigenvalue weighted by Gasteiger charge is 2.45. The van der Waals surface area contributed by atoms with Crippen LogP contribution in [0.25, 0.3) is 0 Å². The molecule has 1 aromatic carbocycles. The minimum absolute atomic E-state index is 0.109. The van der Waals surface area contributed by atoms with Gasteiger partial charge in [0.15, 0.2) is 0 Å². The summed E-state index contributed by atoms with van der Waals surface area (Å²) < 4.78 is 40.2. The Morgan fingerprint density at radius 1 is 1.40 bits per heavy atom. The molecular formula is C16H17F3N4O2. The number of nitrogens with zero attached hydrogens (tertiary/aromatic N) is 3. The molecule has 0 bridgehead atoms. The van der Waals surface area contributed by atoms with Crippen LogP contribution in [-0.2, 0) is 18.6 Å². The van der Waals surface area contributed by atoms with Crippen LogP contribution in [0.15, 0.2) is 24.3 Å². The van der Waals surface area contributed by atoms with Crippen LogP contribution >= 0.6 is 0 Å². The van der Waals surface area contributed by atoms with Gasteiger partial charge in [-0.3, -0.25) is 10.1 Å². The molecule has 0 amide bonds. The number of aryl methyl sites for hydroxylation is 2. The highest BCUT2D eigenvalue weighted by molar-refractivity contribution is 5.60. The van der Waals surface area contributed by atoms with E-state index in [1.807, 2.05) is 0 Å². The Bertz CT molecular complexity index is 825. The van der Waals surface area contributed by atoms with Gasteiger partial charge in [-0.1, -0.05) is 18.2 Å². The van der Waals surface area contributed by atoms with E-state index in [0.717, 1.165) is 25.0 Å². The SMILES string of the molecule is Cc1nn(C)c(NCC2(c3cccc(C(F)(F)F)c3)CC2)c1[N+](=O)[O-]. The van der Waals surface area contributed by atoms with Crippen molar-refractivity contribution < 1.29 is 18.1 Å². The zero-order valence-corrected chi connectivity index (χ0v) is 13.7. The molecule has 1 aliphatic carbocycles. The minimum Gasteiger partial charge on any atom is -0.364 e. The fraction of sp³-hybridized carbons (Fsp3) is 0.438. The average molecular weight is 354 g/mol. The van der Waals surface area contributed by atoms with Gasteiger partial charge in [0.1, 0.15) is 5.69 Å². The molecule has 0 aliphatic heterocycles. The Balaban J connectivity index is 1.84. The predicted octanol–water partition coefficient (Wildman–Crippen LogP) is 3.80. The quantitative estimate of drug-likeness (QED) is 0.655. The summed E-state index contributed by atoms with van der Waals surface area (Å²) in [5.74, 6) is 0.265. The van der Waals surface area contributed by atoms with Gasteiger partial charge in [-0.2, -0.15) is 18.3 Å². The van der Waals surface area contributed by atoms with E-state index >= 15 is 0 Å². The van der Waals surface area contributed by atoms with Crippen LogP contribution in [0.4, 0.5) is 24.7 Å². The molecule has 1 aliphatic rings. The number of nitrogens with one attached hydrogen (secondary N) is 1. The molecule has 0 radical (unpaired) electrons. The molecule has 1 N–H and O–H groups in total. The van der Waals surface area contributed by atoms with Gasteiger partial charge in [0.05, 0.1) is 10.5 Å². The molecule has 3 rings (SSSR count). The molecule has 0 atom stereocenters. The first-order chi connectivity index (χ1) is 11.6. The van der Waals surface area contributed by atoms with Crippen molar-refractivity contribution >= 4 is 11.5 Å². The van der Waals surface area contributed by atoms with Gasteiger partial charge in [0.2, 0.25) is 5.82 Å². The summed E-state index contributed by atoms with van der Waals surface area (Å²) in [5, 5.41) is 18.3. The molecule has 0 unspecified atom stereocenters. The maximum Gasteiger partial charge on any atom is 0.416 e. The first-order valence-electron chi connectivity index (χ1n) is 7.74. The van der Waals surface area contributed by atoms with Gasteiger partial charge >= 0.3 is 11.9 Å². The Labute approximate surface area is 141 Å². The molecule has 1 heterocycles. The second-order valence-electron chi connectivity index (χ2n) is 6.38. The van der Waals surface area contributed by atoms with Crippen LogP contribution in [0.1, 0.15) is 29.7 Å². The normalized spacial score (nSPS) is 15.9. The molecule has 134 valence electrons. The topological polar surface area (TPSA) is 73.0 Å². The van der Waals surface area contributed by atoms with Gasteiger partial charge in [-0.05, 0) is 31.4 Å². The van der Waals surface area contributed by atoms with Crippen molar-refractivity contribution in [1.82, 2.24) is 9.78 Å². The van der Waals surface area contributed by atoms with E-state index in [2.05, 4.69) is 10.4 Å². The van der Waals surface area contributed by atoms with Crippen molar-refractivity contribution in [3.63, 3.8) is 0 Å². The van der Waals surface area contributed by atoms with Crippen LogP contribution in [0.5, 0.6) is 0 Å². The summed E-state index contributed by atoms with van der Waals surface area (Å²) in [6, 6.07) is 5.28. The third-order valence-corrected chi connectivity index (χ3v) is 4.62. The smallest absolute Gasteiger partial charge is 0.364 e. The summed E-state index contributed by atoms with van der Waals surface area (Å²) in [4.78, 5) is 10.7. The van der Waals surface area contributed by atoms with Crippen molar-refractivity contribution in [3.8, 4) is 0 Å². The lowest BCUT2D eigenvalue weighted by Crippen LogP contribution is -2.22. The molecule has 6 nitrogen and oxygen atoms in total. The molecule has 25 heavy (non-hydrogen) atoms. The number of anilines is 1. The highest BCUT2D eigenvalue weighted by atomic mass is 19.4. The second-order valence-corrected chi connectivity index (χ2v) is 6.38. The van der Waals surface area contributed by atoms with Crippen LogP contribution in [0, 0.1) is 17.0 Å². The standard InChI is InChI=1S/C16H17F3N4O2/c1-10-13(23(24)25)14(22(2)21-10)20-9-15(6-7-15)11-4-3-5-12(8-11)16(17,18)19/h3-5,8,20H,6-7,9H2,1-2H3. The van der Waals surface area contributed by atoms with Gasteiger partial charge < -0.3 is 5.32 Å². The molecule has 0 saturated heterocycles. The van der Waals surface area contributed by atoms with Gasteiger partial charge in [0, 0.05) is 19.0 Å². The van der Waals surface area contributed by atoms with E-state index in [9.17, 15) is 23.3 Å². The number of benzene rings is 1. The summed E-state index contributed by atoms with van der Waals surface area (Å²) >= 11 is 0. The summed E-state index contributed by atoms with van der Waals surface area (Å²) in [7, 11) is 1.59. The Morgan fingerprint density at radius 3 is 2.64 bits per heavy atom. The molecule has 9 heteroatoms.